The van der Waals surface area contributed by atoms with Crippen LogP contribution in [0.25, 0.3) is 0 Å². The van der Waals surface area contributed by atoms with E-state index in [-0.39, 0.29) is 5.41 Å². The zero-order valence-electron chi connectivity index (χ0n) is 6.87. The van der Waals surface area contributed by atoms with Gasteiger partial charge in [0.15, 0.2) is 6.33 Å². The molecule has 0 saturated heterocycles. The average molecular weight is 155 g/mol. The molecule has 0 amide bonds. The molecule has 11 heavy (non-hydrogen) atoms. The molecule has 0 aliphatic carbocycles. The van der Waals surface area contributed by atoms with Gasteiger partial charge >= 0.3 is 0 Å². The minimum atomic E-state index is -0.156. The van der Waals surface area contributed by atoms with Crippen LogP contribution in [0.3, 0.4) is 0 Å². The van der Waals surface area contributed by atoms with E-state index >= 15 is 0 Å². The third-order valence-electron chi connectivity index (χ3n) is 2.11. The Hall–Kier alpha value is -0.900. The molecule has 0 aliphatic rings. The number of rotatable bonds is 3. The van der Waals surface area contributed by atoms with E-state index in [4.69, 9.17) is 10.3 Å². The summed E-state index contributed by atoms with van der Waals surface area (Å²) in [6.07, 6.45) is 2.31. The van der Waals surface area contributed by atoms with Crippen molar-refractivity contribution < 1.29 is 4.52 Å². The molecule has 62 valence electrons. The van der Waals surface area contributed by atoms with Gasteiger partial charge in [0.2, 0.25) is 5.89 Å². The minimum Gasteiger partial charge on any atom is -0.339 e. The molecular formula is C7H13N3O. The van der Waals surface area contributed by atoms with Crippen LogP contribution < -0.4 is 5.73 Å². The highest BCUT2D eigenvalue weighted by Crippen LogP contribution is 2.23. The third-order valence-corrected chi connectivity index (χ3v) is 2.11. The maximum absolute atomic E-state index is 5.58. The predicted octanol–water partition coefficient (Wildman–Crippen LogP) is 0.696. The molecule has 0 fully saturated rings. The molecule has 0 bridgehead atoms. The van der Waals surface area contributed by atoms with Crippen molar-refractivity contribution in [3.8, 4) is 0 Å². The fourth-order valence-corrected chi connectivity index (χ4v) is 0.822. The third kappa shape index (κ3) is 1.40. The number of aromatic nitrogens is 2. The molecule has 2 N–H and O–H groups in total. The lowest BCUT2D eigenvalue weighted by atomic mass is 9.88. The van der Waals surface area contributed by atoms with Crippen LogP contribution in [-0.2, 0) is 5.41 Å². The van der Waals surface area contributed by atoms with Gasteiger partial charge in [-0.05, 0) is 13.3 Å². The second kappa shape index (κ2) is 3.00. The van der Waals surface area contributed by atoms with Crippen LogP contribution in [0, 0.1) is 0 Å². The Kier molecular flexibility index (Phi) is 2.24. The predicted molar refractivity (Wildman–Crippen MR) is 41.0 cm³/mol. The molecule has 4 nitrogen and oxygen atoms in total. The topological polar surface area (TPSA) is 64.9 Å². The Morgan fingerprint density at radius 1 is 1.73 bits per heavy atom. The molecule has 0 radical (unpaired) electrons. The molecule has 1 rings (SSSR count). The molecule has 1 unspecified atom stereocenters. The first-order valence-electron chi connectivity index (χ1n) is 3.70. The largest absolute Gasteiger partial charge is 0.339 e. The van der Waals surface area contributed by atoms with Crippen molar-refractivity contribution >= 4 is 0 Å². The van der Waals surface area contributed by atoms with Crippen LogP contribution in [0.1, 0.15) is 26.2 Å². The Bertz CT molecular complexity index is 203. The molecule has 0 aliphatic heterocycles. The smallest absolute Gasteiger partial charge is 0.233 e. The monoisotopic (exact) mass is 155 g/mol. The van der Waals surface area contributed by atoms with Crippen molar-refractivity contribution in [3.05, 3.63) is 12.2 Å². The maximum atomic E-state index is 5.58. The van der Waals surface area contributed by atoms with Gasteiger partial charge in [-0.25, -0.2) is 0 Å². The van der Waals surface area contributed by atoms with Crippen molar-refractivity contribution in [1.29, 1.82) is 0 Å². The van der Waals surface area contributed by atoms with Crippen LogP contribution in [0.4, 0.5) is 0 Å². The minimum absolute atomic E-state index is 0.156. The van der Waals surface area contributed by atoms with E-state index in [9.17, 15) is 0 Å². The zero-order valence-corrected chi connectivity index (χ0v) is 6.87. The lowest BCUT2D eigenvalue weighted by molar-refractivity contribution is 0.290. The van der Waals surface area contributed by atoms with E-state index in [1.54, 1.807) is 0 Å². The lowest BCUT2D eigenvalue weighted by Gasteiger charge is -2.20. The molecule has 0 saturated carbocycles. The number of hydrogen-bond acceptors (Lipinski definition) is 4. The number of nitrogens with two attached hydrogens (primary N) is 1. The van der Waals surface area contributed by atoms with Gasteiger partial charge in [0.25, 0.3) is 0 Å². The second-order valence-corrected chi connectivity index (χ2v) is 2.86. The fraction of sp³-hybridized carbons (Fsp3) is 0.714. The lowest BCUT2D eigenvalue weighted by Crippen LogP contribution is -2.31. The first-order valence-corrected chi connectivity index (χ1v) is 3.70. The maximum Gasteiger partial charge on any atom is 0.233 e. The van der Waals surface area contributed by atoms with E-state index in [0.29, 0.717) is 12.4 Å². The summed E-state index contributed by atoms with van der Waals surface area (Å²) in [6.45, 7) is 4.60. The van der Waals surface area contributed by atoms with Crippen molar-refractivity contribution in [1.82, 2.24) is 10.1 Å². The summed E-state index contributed by atoms with van der Waals surface area (Å²) < 4.78 is 4.94. The normalized spacial score (nSPS) is 16.3. The molecule has 4 heteroatoms. The zero-order chi connectivity index (χ0) is 8.32. The van der Waals surface area contributed by atoms with Crippen LogP contribution in [-0.4, -0.2) is 16.7 Å². The van der Waals surface area contributed by atoms with Gasteiger partial charge in [-0.2, -0.15) is 4.98 Å². The SMILES string of the molecule is CCC(C)(CN)c1ncno1. The van der Waals surface area contributed by atoms with Crippen LogP contribution in [0.2, 0.25) is 0 Å². The summed E-state index contributed by atoms with van der Waals surface area (Å²) in [5.41, 5.74) is 5.42. The average Bonchev–Trinajstić information content (AvgIpc) is 2.55. The van der Waals surface area contributed by atoms with Crippen molar-refractivity contribution in [3.63, 3.8) is 0 Å². The van der Waals surface area contributed by atoms with Crippen molar-refractivity contribution in [2.45, 2.75) is 25.7 Å². The first-order chi connectivity index (χ1) is 5.23. The number of hydrogen-bond donors (Lipinski definition) is 1. The van der Waals surface area contributed by atoms with Crippen molar-refractivity contribution in [2.24, 2.45) is 5.73 Å². The molecule has 1 heterocycles. The molecule has 0 aromatic carbocycles. The summed E-state index contributed by atoms with van der Waals surface area (Å²) in [7, 11) is 0. The van der Waals surface area contributed by atoms with Gasteiger partial charge in [0.05, 0.1) is 5.41 Å². The highest BCUT2D eigenvalue weighted by Gasteiger charge is 2.28. The van der Waals surface area contributed by atoms with Gasteiger partial charge < -0.3 is 10.3 Å². The van der Waals surface area contributed by atoms with E-state index in [1.807, 2.05) is 6.92 Å². The Labute approximate surface area is 65.8 Å². The highest BCUT2D eigenvalue weighted by molar-refractivity contribution is 5.00. The van der Waals surface area contributed by atoms with Crippen LogP contribution in [0.5, 0.6) is 0 Å². The van der Waals surface area contributed by atoms with Gasteiger partial charge in [-0.3, -0.25) is 0 Å². The van der Waals surface area contributed by atoms with Gasteiger partial charge in [-0.15, -0.1) is 0 Å². The Balaban J connectivity index is 2.87. The highest BCUT2D eigenvalue weighted by atomic mass is 16.5. The summed E-state index contributed by atoms with van der Waals surface area (Å²) >= 11 is 0. The van der Waals surface area contributed by atoms with E-state index in [2.05, 4.69) is 17.1 Å². The fourth-order valence-electron chi connectivity index (χ4n) is 0.822. The standard InChI is InChI=1S/C7H13N3O/c1-3-7(2,4-8)6-9-5-10-11-6/h5H,3-4,8H2,1-2H3. The molecule has 1 atom stereocenters. The second-order valence-electron chi connectivity index (χ2n) is 2.86. The number of nitrogens with zero attached hydrogens (tertiary/aromatic N) is 2. The molecule has 1 aromatic heterocycles. The van der Waals surface area contributed by atoms with Gasteiger partial charge in [0, 0.05) is 6.54 Å². The summed E-state index contributed by atoms with van der Waals surface area (Å²) in [5.74, 6) is 0.627. The van der Waals surface area contributed by atoms with Gasteiger partial charge in [-0.1, -0.05) is 12.1 Å². The van der Waals surface area contributed by atoms with Crippen LogP contribution >= 0.6 is 0 Å². The quantitative estimate of drug-likeness (QED) is 0.697. The van der Waals surface area contributed by atoms with Crippen LogP contribution in [0.15, 0.2) is 10.9 Å². The summed E-state index contributed by atoms with van der Waals surface area (Å²) in [5, 5.41) is 3.54. The van der Waals surface area contributed by atoms with E-state index < -0.39 is 0 Å². The van der Waals surface area contributed by atoms with Crippen molar-refractivity contribution in [2.75, 3.05) is 6.54 Å². The Morgan fingerprint density at radius 3 is 2.82 bits per heavy atom. The Morgan fingerprint density at radius 2 is 2.45 bits per heavy atom. The van der Waals surface area contributed by atoms with Gasteiger partial charge in [0.1, 0.15) is 0 Å². The molecular weight excluding hydrogens is 142 g/mol. The van der Waals surface area contributed by atoms with E-state index in [1.165, 1.54) is 6.33 Å². The summed E-state index contributed by atoms with van der Waals surface area (Å²) in [6, 6.07) is 0. The molecule has 1 aromatic rings. The first kappa shape index (κ1) is 8.20. The summed E-state index contributed by atoms with van der Waals surface area (Å²) in [4.78, 5) is 3.97. The molecule has 0 spiro atoms. The van der Waals surface area contributed by atoms with E-state index in [0.717, 1.165) is 6.42 Å².